The van der Waals surface area contributed by atoms with E-state index in [0.29, 0.717) is 0 Å². The van der Waals surface area contributed by atoms with E-state index in [-0.39, 0.29) is 37.7 Å². The third-order valence-corrected chi connectivity index (χ3v) is 8.93. The quantitative estimate of drug-likeness (QED) is 0.175. The van der Waals surface area contributed by atoms with Crippen LogP contribution in [0, 0.1) is 10.8 Å². The number of thiophene rings is 2. The van der Waals surface area contributed by atoms with Gasteiger partial charge in [-0.2, -0.15) is 0 Å². The molecule has 2 N–H and O–H groups in total. The Balaban J connectivity index is 0.000000179. The number of pyridine rings is 2. The second-order valence-electron chi connectivity index (χ2n) is 12.3. The van der Waals surface area contributed by atoms with Crippen molar-refractivity contribution >= 4 is 42.8 Å². The van der Waals surface area contributed by atoms with Gasteiger partial charge in [-0.05, 0) is 70.8 Å². The summed E-state index contributed by atoms with van der Waals surface area (Å²) in [5.74, 6) is 0.245. The van der Waals surface area contributed by atoms with E-state index in [4.69, 9.17) is 0 Å². The maximum absolute atomic E-state index is 9.68. The minimum atomic E-state index is -0.605. The molecule has 0 fully saturated rings. The maximum Gasteiger partial charge on any atom is 4.00 e. The smallest absolute Gasteiger partial charge is 0.512 e. The molecule has 0 spiro atoms. The molecule has 2 aromatic carbocycles. The molecule has 44 heavy (non-hydrogen) atoms. The van der Waals surface area contributed by atoms with Gasteiger partial charge in [-0.25, -0.2) is 0 Å². The van der Waals surface area contributed by atoms with Gasteiger partial charge in [-0.3, -0.25) is 9.97 Å². The molecule has 228 valence electrons. The Morgan fingerprint density at radius 3 is 1.41 bits per heavy atom. The van der Waals surface area contributed by atoms with Gasteiger partial charge < -0.3 is 10.2 Å². The molecule has 4 aromatic heterocycles. The molecule has 0 aliphatic heterocycles. The molecule has 0 saturated carbocycles. The van der Waals surface area contributed by atoms with E-state index in [9.17, 15) is 10.2 Å². The summed E-state index contributed by atoms with van der Waals surface area (Å²) in [5, 5.41) is 21.9. The third-order valence-electron chi connectivity index (χ3n) is 6.66. The number of rotatable bonds is 3. The van der Waals surface area contributed by atoms with Crippen LogP contribution >= 0.6 is 22.7 Å². The zero-order valence-electron chi connectivity index (χ0n) is 26.0. The first-order valence-corrected chi connectivity index (χ1v) is 15.9. The van der Waals surface area contributed by atoms with E-state index in [2.05, 4.69) is 70.6 Å². The van der Waals surface area contributed by atoms with Crippen molar-refractivity contribution in [3.63, 3.8) is 0 Å². The van der Waals surface area contributed by atoms with E-state index < -0.39 is 6.10 Å². The first kappa shape index (κ1) is 35.3. The van der Waals surface area contributed by atoms with E-state index in [1.165, 1.54) is 36.0 Å². The summed E-state index contributed by atoms with van der Waals surface area (Å²) >= 11 is 3.58. The fourth-order valence-corrected chi connectivity index (χ4v) is 5.96. The van der Waals surface area contributed by atoms with Crippen molar-refractivity contribution in [2.24, 2.45) is 10.8 Å². The normalized spacial score (nSPS) is 12.4. The van der Waals surface area contributed by atoms with Crippen LogP contribution < -0.4 is 0 Å². The Morgan fingerprint density at radius 1 is 0.659 bits per heavy atom. The predicted octanol–water partition coefficient (Wildman–Crippen LogP) is 10.8. The molecular weight excluding hydrogens is 764 g/mol. The molecule has 0 amide bonds. The Morgan fingerprint density at radius 2 is 1.07 bits per heavy atom. The van der Waals surface area contributed by atoms with Gasteiger partial charge in [-0.1, -0.05) is 90.1 Å². The van der Waals surface area contributed by atoms with Gasteiger partial charge in [-0.15, -0.1) is 22.7 Å². The molecule has 6 aromatic rings. The number of aromatic nitrogens is 2. The Hall–Kier alpha value is -3.15. The number of allylic oxidation sites excluding steroid dienone is 1. The standard InChI is InChI=1S/2C13H9NS.C11H22O2.Pt/c2*1-2-7-12-10(5-1)9-13(15-12)11-6-3-4-8-14-11;1-10(2,3)8(12)7-9(13)11(4,5)6;/h2*1-9H;7-8,12-13H,1-6H3;/q;;;+4/b;;9-7-;. The van der Waals surface area contributed by atoms with E-state index in [1.54, 1.807) is 22.7 Å². The van der Waals surface area contributed by atoms with Crippen LogP contribution in [0.2, 0.25) is 0 Å². The Bertz CT molecular complexity index is 1590. The summed E-state index contributed by atoms with van der Waals surface area (Å²) in [6, 6.07) is 33.2. The number of hydrogen-bond acceptors (Lipinski definition) is 6. The van der Waals surface area contributed by atoms with Crippen molar-refractivity contribution in [1.82, 2.24) is 9.97 Å². The monoisotopic (exact) mass is 803 g/mol. The molecule has 7 heteroatoms. The van der Waals surface area contributed by atoms with Crippen LogP contribution in [-0.2, 0) is 21.1 Å². The average Bonchev–Trinajstić information content (AvgIpc) is 3.63. The van der Waals surface area contributed by atoms with Crippen molar-refractivity contribution in [3.05, 3.63) is 121 Å². The molecule has 0 bridgehead atoms. The van der Waals surface area contributed by atoms with Crippen LogP contribution in [-0.4, -0.2) is 26.3 Å². The summed E-state index contributed by atoms with van der Waals surface area (Å²) < 4.78 is 2.64. The van der Waals surface area contributed by atoms with Crippen LogP contribution in [0.3, 0.4) is 0 Å². The topological polar surface area (TPSA) is 66.2 Å². The molecule has 4 heterocycles. The van der Waals surface area contributed by atoms with Crippen LogP contribution in [0.1, 0.15) is 41.5 Å². The van der Waals surface area contributed by atoms with Gasteiger partial charge in [0, 0.05) is 27.2 Å². The first-order chi connectivity index (χ1) is 20.4. The summed E-state index contributed by atoms with van der Waals surface area (Å²) in [5.41, 5.74) is 1.60. The number of benzene rings is 2. The molecule has 0 aliphatic carbocycles. The molecule has 0 radical (unpaired) electrons. The molecule has 0 aliphatic rings. The number of aliphatic hydroxyl groups excluding tert-OH is 2. The molecule has 1 atom stereocenters. The molecule has 6 rings (SSSR count). The summed E-state index contributed by atoms with van der Waals surface area (Å²) in [6.45, 7) is 11.5. The largest absolute Gasteiger partial charge is 4.00 e. The average molecular weight is 804 g/mol. The van der Waals surface area contributed by atoms with Crippen LogP contribution in [0.25, 0.3) is 41.3 Å². The number of nitrogens with zero attached hydrogens (tertiary/aromatic N) is 2. The van der Waals surface area contributed by atoms with Crippen LogP contribution in [0.15, 0.2) is 121 Å². The minimum Gasteiger partial charge on any atom is -0.512 e. The molecule has 1 unspecified atom stereocenters. The summed E-state index contributed by atoms with van der Waals surface area (Å²) in [7, 11) is 0. The van der Waals surface area contributed by atoms with Crippen LogP contribution in [0.5, 0.6) is 0 Å². The third kappa shape index (κ3) is 9.93. The van der Waals surface area contributed by atoms with Crippen molar-refractivity contribution < 1.29 is 31.3 Å². The van der Waals surface area contributed by atoms with E-state index in [1.807, 2.05) is 90.3 Å². The fraction of sp³-hybridized carbons (Fsp3) is 0.243. The Labute approximate surface area is 283 Å². The zero-order valence-corrected chi connectivity index (χ0v) is 29.9. The molecule has 0 saturated heterocycles. The van der Waals surface area contributed by atoms with Crippen molar-refractivity contribution in [2.75, 3.05) is 0 Å². The zero-order chi connectivity index (χ0) is 31.0. The summed E-state index contributed by atoms with van der Waals surface area (Å²) in [6.07, 6.45) is 4.59. The molecular formula is C37H40N2O2PtS2+4. The SMILES string of the molecule is CC(C)(C)/C(O)=C/C(O)C(C)(C)C.[Pt+4].c1ccc(-c2cc3ccccc3s2)nc1.c1ccc(-c2cc3ccccc3s2)nc1. The predicted molar refractivity (Wildman–Crippen MR) is 186 cm³/mol. The number of hydrogen-bond donors (Lipinski definition) is 2. The van der Waals surface area contributed by atoms with Gasteiger partial charge in [0.15, 0.2) is 0 Å². The van der Waals surface area contributed by atoms with E-state index in [0.717, 1.165) is 11.4 Å². The fourth-order valence-electron chi connectivity index (χ4n) is 3.88. The van der Waals surface area contributed by atoms with Gasteiger partial charge >= 0.3 is 21.1 Å². The Kier molecular flexibility index (Phi) is 12.6. The summed E-state index contributed by atoms with van der Waals surface area (Å²) in [4.78, 5) is 11.2. The van der Waals surface area contributed by atoms with Crippen molar-refractivity contribution in [2.45, 2.75) is 47.6 Å². The van der Waals surface area contributed by atoms with Gasteiger partial charge in [0.1, 0.15) is 0 Å². The minimum absolute atomic E-state index is 0. The molecule has 4 nitrogen and oxygen atoms in total. The van der Waals surface area contributed by atoms with Crippen LogP contribution in [0.4, 0.5) is 0 Å². The van der Waals surface area contributed by atoms with Gasteiger partial charge in [0.05, 0.1) is 33.0 Å². The van der Waals surface area contributed by atoms with Gasteiger partial charge in [0.2, 0.25) is 0 Å². The first-order valence-electron chi connectivity index (χ1n) is 14.3. The van der Waals surface area contributed by atoms with Gasteiger partial charge in [0.25, 0.3) is 0 Å². The number of fused-ring (bicyclic) bond motifs is 2. The second kappa shape index (κ2) is 15.7. The van der Waals surface area contributed by atoms with E-state index >= 15 is 0 Å². The maximum atomic E-state index is 9.68. The van der Waals surface area contributed by atoms with Crippen molar-refractivity contribution in [3.8, 4) is 21.1 Å². The second-order valence-corrected chi connectivity index (χ2v) is 14.5. The number of aliphatic hydroxyl groups is 2. The van der Waals surface area contributed by atoms with Crippen molar-refractivity contribution in [1.29, 1.82) is 0 Å².